The third kappa shape index (κ3) is 2.71. The van der Waals surface area contributed by atoms with Crippen LogP contribution in [0.4, 0.5) is 10.1 Å². The molecule has 18 heavy (non-hydrogen) atoms. The maximum Gasteiger partial charge on any atom is 0.143 e. The van der Waals surface area contributed by atoms with Crippen LogP contribution >= 0.6 is 0 Å². The van der Waals surface area contributed by atoms with Gasteiger partial charge in [0, 0.05) is 6.07 Å². The van der Waals surface area contributed by atoms with Crippen LogP contribution in [0.3, 0.4) is 0 Å². The van der Waals surface area contributed by atoms with E-state index in [2.05, 4.69) is 38.8 Å². The number of rotatable bonds is 1. The molecule has 1 aliphatic carbocycles. The number of nitrogens with zero attached hydrogens (tertiary/aromatic N) is 1. The molecule has 2 nitrogen and oxygen atoms in total. The Balaban J connectivity index is 2.46. The number of nitrogen functional groups attached to an aromatic ring is 1. The Labute approximate surface area is 108 Å². The number of halogens is 1. The topological polar surface area (TPSA) is 38.9 Å². The first kappa shape index (κ1) is 13.1. The fourth-order valence-corrected chi connectivity index (χ4v) is 3.26. The van der Waals surface area contributed by atoms with Gasteiger partial charge in [-0.15, -0.1) is 0 Å². The second-order valence-electron chi connectivity index (χ2n) is 6.77. The Morgan fingerprint density at radius 2 is 1.94 bits per heavy atom. The molecule has 1 heterocycles. The van der Waals surface area contributed by atoms with Gasteiger partial charge >= 0.3 is 0 Å². The van der Waals surface area contributed by atoms with Crippen molar-refractivity contribution in [3.8, 4) is 0 Å². The Bertz CT molecular complexity index is 501. The SMILES string of the molecule is CC1(C)C=C(c2ncc(F)cc2N)CC(C)(C)C1. The van der Waals surface area contributed by atoms with Crippen molar-refractivity contribution in [3.05, 3.63) is 29.9 Å². The molecule has 0 bridgehead atoms. The first-order valence-electron chi connectivity index (χ1n) is 6.32. The molecule has 0 aromatic carbocycles. The smallest absolute Gasteiger partial charge is 0.143 e. The lowest BCUT2D eigenvalue weighted by molar-refractivity contribution is 0.228. The standard InChI is InChI=1S/C15H21FN2/c1-14(2)6-10(7-15(3,4)9-14)13-12(17)5-11(16)8-18-13/h5-6,8H,7,9,17H2,1-4H3. The van der Waals surface area contributed by atoms with Gasteiger partial charge in [-0.3, -0.25) is 4.98 Å². The molecule has 0 aliphatic heterocycles. The minimum Gasteiger partial charge on any atom is -0.397 e. The maximum absolute atomic E-state index is 13.1. The summed E-state index contributed by atoms with van der Waals surface area (Å²) in [5.74, 6) is -0.383. The average molecular weight is 248 g/mol. The summed E-state index contributed by atoms with van der Waals surface area (Å²) in [4.78, 5) is 4.16. The number of pyridine rings is 1. The molecule has 0 atom stereocenters. The van der Waals surface area contributed by atoms with E-state index in [-0.39, 0.29) is 16.6 Å². The van der Waals surface area contributed by atoms with Gasteiger partial charge in [-0.2, -0.15) is 0 Å². The monoisotopic (exact) mass is 248 g/mol. The predicted molar refractivity (Wildman–Crippen MR) is 73.4 cm³/mol. The van der Waals surface area contributed by atoms with Gasteiger partial charge in [0.15, 0.2) is 0 Å². The Hall–Kier alpha value is -1.38. The third-order valence-corrected chi connectivity index (χ3v) is 3.36. The molecule has 0 spiro atoms. The van der Waals surface area contributed by atoms with Gasteiger partial charge < -0.3 is 5.73 Å². The molecule has 2 N–H and O–H groups in total. The van der Waals surface area contributed by atoms with Crippen LogP contribution < -0.4 is 5.73 Å². The molecule has 1 aromatic heterocycles. The number of allylic oxidation sites excluding steroid dienone is 2. The highest BCUT2D eigenvalue weighted by Gasteiger charge is 2.34. The van der Waals surface area contributed by atoms with E-state index in [1.54, 1.807) is 0 Å². The van der Waals surface area contributed by atoms with Crippen LogP contribution in [0.2, 0.25) is 0 Å². The number of hydrogen-bond donors (Lipinski definition) is 1. The summed E-state index contributed by atoms with van der Waals surface area (Å²) in [5.41, 5.74) is 8.52. The number of nitrogens with two attached hydrogens (primary N) is 1. The molecule has 1 aromatic rings. The number of anilines is 1. The van der Waals surface area contributed by atoms with Gasteiger partial charge in [0.1, 0.15) is 5.82 Å². The molecule has 0 saturated heterocycles. The number of hydrogen-bond acceptors (Lipinski definition) is 2. The van der Waals surface area contributed by atoms with Gasteiger partial charge in [0.25, 0.3) is 0 Å². The van der Waals surface area contributed by atoms with Crippen LogP contribution in [-0.2, 0) is 0 Å². The summed E-state index contributed by atoms with van der Waals surface area (Å²) in [6.07, 6.45) is 5.53. The van der Waals surface area contributed by atoms with Crippen molar-refractivity contribution in [1.29, 1.82) is 0 Å². The molecule has 0 radical (unpaired) electrons. The summed E-state index contributed by atoms with van der Waals surface area (Å²) in [6, 6.07) is 1.35. The van der Waals surface area contributed by atoms with Gasteiger partial charge in [-0.05, 0) is 29.2 Å². The number of aromatic nitrogens is 1. The van der Waals surface area contributed by atoms with Gasteiger partial charge in [0.05, 0.1) is 17.6 Å². The first-order chi connectivity index (χ1) is 8.19. The van der Waals surface area contributed by atoms with E-state index in [0.717, 1.165) is 24.1 Å². The van der Waals surface area contributed by atoms with Crippen molar-refractivity contribution < 1.29 is 4.39 Å². The van der Waals surface area contributed by atoms with Crippen molar-refractivity contribution in [2.45, 2.75) is 40.5 Å². The highest BCUT2D eigenvalue weighted by molar-refractivity contribution is 5.73. The van der Waals surface area contributed by atoms with Crippen LogP contribution in [0, 0.1) is 16.6 Å². The normalized spacial score (nSPS) is 21.5. The minimum absolute atomic E-state index is 0.125. The van der Waals surface area contributed by atoms with E-state index in [0.29, 0.717) is 5.69 Å². The minimum atomic E-state index is -0.383. The van der Waals surface area contributed by atoms with Crippen molar-refractivity contribution in [2.75, 3.05) is 5.73 Å². The van der Waals surface area contributed by atoms with Crippen LogP contribution in [0.15, 0.2) is 18.3 Å². The highest BCUT2D eigenvalue weighted by Crippen LogP contribution is 2.47. The average Bonchev–Trinajstić information content (AvgIpc) is 2.11. The Morgan fingerprint density at radius 1 is 1.28 bits per heavy atom. The van der Waals surface area contributed by atoms with Crippen LogP contribution in [0.1, 0.15) is 46.2 Å². The van der Waals surface area contributed by atoms with E-state index < -0.39 is 0 Å². The lowest BCUT2D eigenvalue weighted by atomic mass is 9.66. The van der Waals surface area contributed by atoms with Crippen molar-refractivity contribution in [2.24, 2.45) is 10.8 Å². The van der Waals surface area contributed by atoms with Crippen LogP contribution in [0.25, 0.3) is 5.57 Å². The second-order valence-corrected chi connectivity index (χ2v) is 6.77. The summed E-state index contributed by atoms with van der Waals surface area (Å²) >= 11 is 0. The van der Waals surface area contributed by atoms with Crippen LogP contribution in [0.5, 0.6) is 0 Å². The molecule has 3 heteroatoms. The summed E-state index contributed by atoms with van der Waals surface area (Å²) in [7, 11) is 0. The van der Waals surface area contributed by atoms with Crippen molar-refractivity contribution >= 4 is 11.3 Å². The Kier molecular flexibility index (Phi) is 2.96. The van der Waals surface area contributed by atoms with E-state index in [4.69, 9.17) is 5.73 Å². The summed E-state index contributed by atoms with van der Waals surface area (Å²) in [5, 5.41) is 0. The van der Waals surface area contributed by atoms with Crippen molar-refractivity contribution in [3.63, 3.8) is 0 Å². The van der Waals surface area contributed by atoms with E-state index in [1.165, 1.54) is 12.3 Å². The fraction of sp³-hybridized carbons (Fsp3) is 0.533. The molecular weight excluding hydrogens is 227 g/mol. The first-order valence-corrected chi connectivity index (χ1v) is 6.32. The molecule has 98 valence electrons. The largest absolute Gasteiger partial charge is 0.397 e. The van der Waals surface area contributed by atoms with Crippen molar-refractivity contribution in [1.82, 2.24) is 4.98 Å². The predicted octanol–water partition coefficient (Wildman–Crippen LogP) is 4.03. The summed E-state index contributed by atoms with van der Waals surface area (Å²) < 4.78 is 13.1. The molecule has 0 amide bonds. The molecular formula is C15H21FN2. The third-order valence-electron chi connectivity index (χ3n) is 3.36. The molecule has 0 unspecified atom stereocenters. The quantitative estimate of drug-likeness (QED) is 0.814. The summed E-state index contributed by atoms with van der Waals surface area (Å²) in [6.45, 7) is 8.93. The zero-order valence-corrected chi connectivity index (χ0v) is 11.5. The lowest BCUT2D eigenvalue weighted by Gasteiger charge is -2.39. The van der Waals surface area contributed by atoms with Crippen LogP contribution in [-0.4, -0.2) is 4.98 Å². The molecule has 2 rings (SSSR count). The van der Waals surface area contributed by atoms with E-state index in [9.17, 15) is 4.39 Å². The zero-order valence-electron chi connectivity index (χ0n) is 11.5. The highest BCUT2D eigenvalue weighted by atomic mass is 19.1. The van der Waals surface area contributed by atoms with Gasteiger partial charge in [0.2, 0.25) is 0 Å². The molecule has 0 fully saturated rings. The fourth-order valence-electron chi connectivity index (χ4n) is 3.26. The van der Waals surface area contributed by atoms with Gasteiger partial charge in [-0.25, -0.2) is 4.39 Å². The maximum atomic E-state index is 13.1. The van der Waals surface area contributed by atoms with E-state index in [1.807, 2.05) is 0 Å². The lowest BCUT2D eigenvalue weighted by Crippen LogP contribution is -2.27. The zero-order chi connectivity index (χ0) is 13.6. The Morgan fingerprint density at radius 3 is 2.50 bits per heavy atom. The molecule has 0 saturated carbocycles. The van der Waals surface area contributed by atoms with E-state index >= 15 is 0 Å². The molecule has 1 aliphatic rings. The van der Waals surface area contributed by atoms with Gasteiger partial charge in [-0.1, -0.05) is 33.8 Å². The second kappa shape index (κ2) is 4.08.